The van der Waals surface area contributed by atoms with Crippen LogP contribution in [0.3, 0.4) is 0 Å². The van der Waals surface area contributed by atoms with Crippen molar-refractivity contribution in [3.8, 4) is 6.07 Å². The van der Waals surface area contributed by atoms with E-state index in [0.717, 1.165) is 5.92 Å². The monoisotopic (exact) mass is 202 g/mol. The van der Waals surface area contributed by atoms with Crippen LogP contribution in [0.4, 0.5) is 5.95 Å². The van der Waals surface area contributed by atoms with E-state index in [1.54, 1.807) is 12.3 Å². The summed E-state index contributed by atoms with van der Waals surface area (Å²) in [5, 5.41) is 12.0. The first-order valence-corrected chi connectivity index (χ1v) is 5.27. The average Bonchev–Trinajstić information content (AvgIpc) is 2.64. The number of aromatic nitrogens is 2. The van der Waals surface area contributed by atoms with Crippen molar-refractivity contribution in [3.63, 3.8) is 0 Å². The Morgan fingerprint density at radius 1 is 1.53 bits per heavy atom. The second-order valence-electron chi connectivity index (χ2n) is 4.14. The molecule has 4 heteroatoms. The molecule has 0 aromatic carbocycles. The Labute approximate surface area is 89.4 Å². The highest BCUT2D eigenvalue weighted by atomic mass is 15.1. The molecule has 1 heterocycles. The number of anilines is 1. The maximum Gasteiger partial charge on any atom is 0.224 e. The molecule has 1 aliphatic carbocycles. The molecule has 78 valence electrons. The Morgan fingerprint density at radius 3 is 3.07 bits per heavy atom. The van der Waals surface area contributed by atoms with Gasteiger partial charge in [0.2, 0.25) is 5.95 Å². The minimum atomic E-state index is 0.415. The van der Waals surface area contributed by atoms with Crippen LogP contribution in [0.15, 0.2) is 12.3 Å². The van der Waals surface area contributed by atoms with Crippen molar-refractivity contribution < 1.29 is 0 Å². The number of nitrogens with one attached hydrogen (secondary N) is 1. The first-order valence-electron chi connectivity index (χ1n) is 5.27. The molecule has 2 atom stereocenters. The summed E-state index contributed by atoms with van der Waals surface area (Å²) in [5.41, 5.74) is 0.415. The van der Waals surface area contributed by atoms with E-state index in [2.05, 4.69) is 22.2 Å². The number of hydrogen-bond acceptors (Lipinski definition) is 4. The molecule has 0 spiro atoms. The Hall–Kier alpha value is -1.63. The lowest BCUT2D eigenvalue weighted by molar-refractivity contribution is 0.601. The van der Waals surface area contributed by atoms with Crippen molar-refractivity contribution in [1.29, 1.82) is 5.26 Å². The maximum atomic E-state index is 8.70. The van der Waals surface area contributed by atoms with Gasteiger partial charge in [-0.3, -0.25) is 0 Å². The van der Waals surface area contributed by atoms with Crippen LogP contribution in [0.2, 0.25) is 0 Å². The van der Waals surface area contributed by atoms with Gasteiger partial charge in [0.25, 0.3) is 0 Å². The number of nitrogens with zero attached hydrogens (tertiary/aromatic N) is 3. The van der Waals surface area contributed by atoms with Gasteiger partial charge in [-0.25, -0.2) is 9.97 Å². The van der Waals surface area contributed by atoms with E-state index < -0.39 is 0 Å². The first kappa shape index (κ1) is 9.91. The van der Waals surface area contributed by atoms with Crippen molar-refractivity contribution in [2.24, 2.45) is 5.92 Å². The van der Waals surface area contributed by atoms with Crippen LogP contribution in [0.5, 0.6) is 0 Å². The quantitative estimate of drug-likeness (QED) is 0.796. The van der Waals surface area contributed by atoms with Crippen molar-refractivity contribution in [1.82, 2.24) is 9.97 Å². The van der Waals surface area contributed by atoms with E-state index >= 15 is 0 Å². The van der Waals surface area contributed by atoms with E-state index in [1.807, 2.05) is 6.07 Å². The van der Waals surface area contributed by atoms with Crippen molar-refractivity contribution >= 4 is 5.95 Å². The van der Waals surface area contributed by atoms with Gasteiger partial charge >= 0.3 is 0 Å². The van der Waals surface area contributed by atoms with Gasteiger partial charge in [-0.1, -0.05) is 6.92 Å². The number of nitriles is 1. The summed E-state index contributed by atoms with van der Waals surface area (Å²) >= 11 is 0. The topological polar surface area (TPSA) is 61.6 Å². The molecule has 0 aliphatic heterocycles. The summed E-state index contributed by atoms with van der Waals surface area (Å²) < 4.78 is 0. The fraction of sp³-hybridized carbons (Fsp3) is 0.545. The SMILES string of the molecule is CC1CCC(Nc2nccc(C#N)n2)C1. The van der Waals surface area contributed by atoms with Crippen LogP contribution in [0, 0.1) is 17.2 Å². The molecule has 0 saturated heterocycles. The van der Waals surface area contributed by atoms with E-state index in [-0.39, 0.29) is 0 Å². The normalized spacial score (nSPS) is 24.8. The summed E-state index contributed by atoms with van der Waals surface area (Å²) in [6.07, 6.45) is 5.21. The van der Waals surface area contributed by atoms with Crippen molar-refractivity contribution in [2.45, 2.75) is 32.2 Å². The van der Waals surface area contributed by atoms with Crippen LogP contribution < -0.4 is 5.32 Å². The lowest BCUT2D eigenvalue weighted by Crippen LogP contribution is -2.17. The summed E-state index contributed by atoms with van der Waals surface area (Å²) in [7, 11) is 0. The number of rotatable bonds is 2. The van der Waals surface area contributed by atoms with Crippen molar-refractivity contribution in [2.75, 3.05) is 5.32 Å². The molecule has 15 heavy (non-hydrogen) atoms. The highest BCUT2D eigenvalue weighted by Gasteiger charge is 2.21. The second-order valence-corrected chi connectivity index (χ2v) is 4.14. The molecule has 1 aromatic rings. The Balaban J connectivity index is 2.02. The van der Waals surface area contributed by atoms with E-state index in [0.29, 0.717) is 17.7 Å². The predicted octanol–water partition coefficient (Wildman–Crippen LogP) is 1.95. The third-order valence-corrected chi connectivity index (χ3v) is 2.80. The fourth-order valence-corrected chi connectivity index (χ4v) is 2.01. The Morgan fingerprint density at radius 2 is 2.40 bits per heavy atom. The summed E-state index contributed by atoms with van der Waals surface area (Å²) in [4.78, 5) is 8.20. The van der Waals surface area contributed by atoms with Crippen LogP contribution >= 0.6 is 0 Å². The molecule has 0 radical (unpaired) electrons. The summed E-state index contributed by atoms with van der Waals surface area (Å²) in [6.45, 7) is 2.26. The largest absolute Gasteiger partial charge is 0.351 e. The van der Waals surface area contributed by atoms with Gasteiger partial charge < -0.3 is 5.32 Å². The third kappa shape index (κ3) is 2.44. The molecule has 1 N–H and O–H groups in total. The zero-order chi connectivity index (χ0) is 10.7. The van der Waals surface area contributed by atoms with Gasteiger partial charge in [0, 0.05) is 12.2 Å². The Bertz CT molecular complexity index is 382. The molecule has 1 saturated carbocycles. The van der Waals surface area contributed by atoms with Gasteiger partial charge in [-0.05, 0) is 31.2 Å². The third-order valence-electron chi connectivity index (χ3n) is 2.80. The van der Waals surface area contributed by atoms with Crippen molar-refractivity contribution in [3.05, 3.63) is 18.0 Å². The van der Waals surface area contributed by atoms with E-state index in [4.69, 9.17) is 5.26 Å². The highest BCUT2D eigenvalue weighted by molar-refractivity contribution is 5.31. The zero-order valence-corrected chi connectivity index (χ0v) is 8.77. The lowest BCUT2D eigenvalue weighted by Gasteiger charge is -2.11. The van der Waals surface area contributed by atoms with Crippen LogP contribution in [-0.4, -0.2) is 16.0 Å². The average molecular weight is 202 g/mol. The molecule has 1 fully saturated rings. The molecule has 1 aliphatic rings. The van der Waals surface area contributed by atoms with Crippen LogP contribution in [0.25, 0.3) is 0 Å². The minimum Gasteiger partial charge on any atom is -0.351 e. The molecule has 2 unspecified atom stereocenters. The molecule has 0 bridgehead atoms. The zero-order valence-electron chi connectivity index (χ0n) is 8.77. The standard InChI is InChI=1S/C11H14N4/c1-8-2-3-9(6-8)14-11-13-5-4-10(7-12)15-11/h4-5,8-9H,2-3,6H2,1H3,(H,13,14,15). The van der Waals surface area contributed by atoms with Gasteiger partial charge in [0.15, 0.2) is 0 Å². The number of hydrogen-bond donors (Lipinski definition) is 1. The van der Waals surface area contributed by atoms with Crippen LogP contribution in [0.1, 0.15) is 31.9 Å². The lowest BCUT2D eigenvalue weighted by atomic mass is 10.1. The maximum absolute atomic E-state index is 8.70. The first-order chi connectivity index (χ1) is 7.28. The minimum absolute atomic E-state index is 0.415. The van der Waals surface area contributed by atoms with Gasteiger partial charge in [-0.15, -0.1) is 0 Å². The predicted molar refractivity (Wildman–Crippen MR) is 57.2 cm³/mol. The molecular weight excluding hydrogens is 188 g/mol. The van der Waals surface area contributed by atoms with Gasteiger partial charge in [0.1, 0.15) is 11.8 Å². The summed E-state index contributed by atoms with van der Waals surface area (Å²) in [6, 6.07) is 4.09. The molecule has 1 aromatic heterocycles. The molecular formula is C11H14N4. The fourth-order valence-electron chi connectivity index (χ4n) is 2.01. The van der Waals surface area contributed by atoms with E-state index in [9.17, 15) is 0 Å². The molecule has 0 amide bonds. The second kappa shape index (κ2) is 4.26. The summed E-state index contributed by atoms with van der Waals surface area (Å²) in [5.74, 6) is 1.36. The smallest absolute Gasteiger partial charge is 0.224 e. The Kier molecular flexibility index (Phi) is 2.82. The highest BCUT2D eigenvalue weighted by Crippen LogP contribution is 2.26. The van der Waals surface area contributed by atoms with E-state index in [1.165, 1.54) is 19.3 Å². The van der Waals surface area contributed by atoms with Gasteiger partial charge in [0.05, 0.1) is 0 Å². The molecule has 4 nitrogen and oxygen atoms in total. The van der Waals surface area contributed by atoms with Gasteiger partial charge in [-0.2, -0.15) is 5.26 Å². The van der Waals surface area contributed by atoms with Crippen LogP contribution in [-0.2, 0) is 0 Å². The molecule has 2 rings (SSSR count).